The molecule has 4 heteroatoms. The summed E-state index contributed by atoms with van der Waals surface area (Å²) in [5.41, 5.74) is 5.93. The second-order valence-corrected chi connectivity index (χ2v) is 7.14. The summed E-state index contributed by atoms with van der Waals surface area (Å²) in [4.78, 5) is 16.9. The standard InChI is InChI=1S/C15H29N3O/c1-15(2,3)13(16)14(19)18-10-6-12(7-11-18)17-8-4-5-9-17/h12-13H,4-11,16H2,1-3H3/t13-/m1/s1. The van der Waals surface area contributed by atoms with Crippen LogP contribution < -0.4 is 5.73 Å². The third kappa shape index (κ3) is 3.48. The van der Waals surface area contributed by atoms with Crippen molar-refractivity contribution in [3.8, 4) is 0 Å². The second-order valence-electron chi connectivity index (χ2n) is 7.14. The van der Waals surface area contributed by atoms with Crippen molar-refractivity contribution in [3.63, 3.8) is 0 Å². The molecular weight excluding hydrogens is 238 g/mol. The van der Waals surface area contributed by atoms with Gasteiger partial charge in [-0.2, -0.15) is 0 Å². The van der Waals surface area contributed by atoms with Gasteiger partial charge in [-0.05, 0) is 44.2 Å². The molecule has 2 N–H and O–H groups in total. The predicted molar refractivity (Wildman–Crippen MR) is 77.8 cm³/mol. The molecule has 0 aromatic rings. The van der Waals surface area contributed by atoms with E-state index in [9.17, 15) is 4.79 Å². The van der Waals surface area contributed by atoms with Crippen LogP contribution in [0.4, 0.5) is 0 Å². The first-order chi connectivity index (χ1) is 8.89. The third-order valence-corrected chi connectivity index (χ3v) is 4.63. The largest absolute Gasteiger partial charge is 0.341 e. The summed E-state index contributed by atoms with van der Waals surface area (Å²) in [6.07, 6.45) is 4.91. The fraction of sp³-hybridized carbons (Fsp3) is 0.933. The highest BCUT2D eigenvalue weighted by Crippen LogP contribution is 2.24. The molecule has 0 aromatic heterocycles. The minimum atomic E-state index is -0.379. The van der Waals surface area contributed by atoms with E-state index in [1.54, 1.807) is 0 Å². The van der Waals surface area contributed by atoms with Gasteiger partial charge >= 0.3 is 0 Å². The minimum Gasteiger partial charge on any atom is -0.341 e. The third-order valence-electron chi connectivity index (χ3n) is 4.63. The lowest BCUT2D eigenvalue weighted by Crippen LogP contribution is -2.54. The molecule has 0 spiro atoms. The molecule has 2 heterocycles. The van der Waals surface area contributed by atoms with Crippen LogP contribution in [-0.4, -0.2) is 54.0 Å². The van der Waals surface area contributed by atoms with E-state index in [4.69, 9.17) is 5.73 Å². The Balaban J connectivity index is 1.84. The monoisotopic (exact) mass is 267 g/mol. The highest BCUT2D eigenvalue weighted by Gasteiger charge is 2.34. The Morgan fingerprint density at radius 3 is 2.11 bits per heavy atom. The van der Waals surface area contributed by atoms with Crippen molar-refractivity contribution in [2.45, 2.75) is 58.5 Å². The van der Waals surface area contributed by atoms with E-state index < -0.39 is 0 Å². The zero-order valence-corrected chi connectivity index (χ0v) is 12.7. The average Bonchev–Trinajstić information content (AvgIpc) is 2.90. The Kier molecular flexibility index (Phi) is 4.51. The first-order valence-electron chi connectivity index (χ1n) is 7.68. The number of likely N-dealkylation sites (tertiary alicyclic amines) is 2. The maximum atomic E-state index is 12.4. The Hall–Kier alpha value is -0.610. The fourth-order valence-electron chi connectivity index (χ4n) is 3.13. The van der Waals surface area contributed by atoms with Crippen molar-refractivity contribution >= 4 is 5.91 Å². The summed E-state index contributed by atoms with van der Waals surface area (Å²) in [7, 11) is 0. The van der Waals surface area contributed by atoms with Gasteiger partial charge in [0.2, 0.25) is 5.91 Å². The Morgan fingerprint density at radius 2 is 1.63 bits per heavy atom. The molecule has 0 saturated carbocycles. The maximum Gasteiger partial charge on any atom is 0.240 e. The Bertz CT molecular complexity index is 310. The number of hydrogen-bond acceptors (Lipinski definition) is 3. The molecule has 19 heavy (non-hydrogen) atoms. The van der Waals surface area contributed by atoms with E-state index in [0.29, 0.717) is 6.04 Å². The van der Waals surface area contributed by atoms with Crippen LogP contribution in [0, 0.1) is 5.41 Å². The van der Waals surface area contributed by atoms with Crippen LogP contribution in [0.25, 0.3) is 0 Å². The molecule has 1 amide bonds. The zero-order chi connectivity index (χ0) is 14.0. The van der Waals surface area contributed by atoms with Crippen LogP contribution >= 0.6 is 0 Å². The van der Waals surface area contributed by atoms with E-state index in [-0.39, 0.29) is 17.4 Å². The molecule has 0 aliphatic carbocycles. The van der Waals surface area contributed by atoms with Gasteiger partial charge in [-0.25, -0.2) is 0 Å². The summed E-state index contributed by atoms with van der Waals surface area (Å²) < 4.78 is 0. The highest BCUT2D eigenvalue weighted by molar-refractivity contribution is 5.82. The summed E-state index contributed by atoms with van der Waals surface area (Å²) in [6, 6.07) is 0.313. The van der Waals surface area contributed by atoms with Crippen molar-refractivity contribution in [2.75, 3.05) is 26.2 Å². The van der Waals surface area contributed by atoms with Crippen LogP contribution in [-0.2, 0) is 4.79 Å². The van der Waals surface area contributed by atoms with Gasteiger partial charge in [0.25, 0.3) is 0 Å². The summed E-state index contributed by atoms with van der Waals surface area (Å²) in [5, 5.41) is 0. The molecule has 2 aliphatic rings. The smallest absolute Gasteiger partial charge is 0.240 e. The van der Waals surface area contributed by atoms with E-state index in [1.807, 2.05) is 25.7 Å². The van der Waals surface area contributed by atoms with E-state index in [1.165, 1.54) is 25.9 Å². The van der Waals surface area contributed by atoms with Crippen LogP contribution in [0.2, 0.25) is 0 Å². The number of rotatable bonds is 2. The molecule has 110 valence electrons. The van der Waals surface area contributed by atoms with Crippen molar-refractivity contribution in [1.29, 1.82) is 0 Å². The van der Waals surface area contributed by atoms with Gasteiger partial charge in [-0.1, -0.05) is 20.8 Å². The topological polar surface area (TPSA) is 49.6 Å². The molecular formula is C15H29N3O. The lowest BCUT2D eigenvalue weighted by molar-refractivity contribution is -0.136. The number of carbonyl (C=O) groups is 1. The Labute approximate surface area is 117 Å². The molecule has 2 fully saturated rings. The van der Waals surface area contributed by atoms with Gasteiger partial charge in [0.05, 0.1) is 6.04 Å². The molecule has 2 aliphatic heterocycles. The summed E-state index contributed by atoms with van der Waals surface area (Å²) in [6.45, 7) is 10.4. The van der Waals surface area contributed by atoms with E-state index in [2.05, 4.69) is 4.90 Å². The van der Waals surface area contributed by atoms with Gasteiger partial charge in [-0.15, -0.1) is 0 Å². The normalized spacial score (nSPS) is 24.7. The molecule has 0 aromatic carbocycles. The van der Waals surface area contributed by atoms with Crippen molar-refractivity contribution in [2.24, 2.45) is 11.1 Å². The van der Waals surface area contributed by atoms with Crippen molar-refractivity contribution in [1.82, 2.24) is 9.80 Å². The first-order valence-corrected chi connectivity index (χ1v) is 7.68. The number of hydrogen-bond donors (Lipinski definition) is 1. The number of nitrogens with zero attached hydrogens (tertiary/aromatic N) is 2. The first kappa shape index (κ1) is 14.8. The molecule has 1 atom stereocenters. The molecule has 0 unspecified atom stereocenters. The molecule has 2 saturated heterocycles. The fourth-order valence-corrected chi connectivity index (χ4v) is 3.13. The molecule has 2 rings (SSSR count). The number of carbonyl (C=O) groups excluding carboxylic acids is 1. The number of piperidine rings is 1. The summed E-state index contributed by atoms with van der Waals surface area (Å²) in [5.74, 6) is 0.132. The maximum absolute atomic E-state index is 12.4. The SMILES string of the molecule is CC(C)(C)[C@H](N)C(=O)N1CCC(N2CCCC2)CC1. The highest BCUT2D eigenvalue weighted by atomic mass is 16.2. The molecule has 0 bridgehead atoms. The van der Waals surface area contributed by atoms with Crippen LogP contribution in [0.1, 0.15) is 46.5 Å². The second kappa shape index (κ2) is 5.80. The van der Waals surface area contributed by atoms with Gasteiger partial charge in [0.15, 0.2) is 0 Å². The van der Waals surface area contributed by atoms with Gasteiger partial charge in [0.1, 0.15) is 0 Å². The number of nitrogens with two attached hydrogens (primary N) is 1. The number of amides is 1. The van der Waals surface area contributed by atoms with Crippen molar-refractivity contribution < 1.29 is 4.79 Å². The van der Waals surface area contributed by atoms with Crippen LogP contribution in [0.5, 0.6) is 0 Å². The molecule has 4 nitrogen and oxygen atoms in total. The lowest BCUT2D eigenvalue weighted by Gasteiger charge is -2.39. The van der Waals surface area contributed by atoms with E-state index >= 15 is 0 Å². The van der Waals surface area contributed by atoms with Gasteiger partial charge in [-0.3, -0.25) is 4.79 Å². The minimum absolute atomic E-state index is 0.132. The van der Waals surface area contributed by atoms with E-state index in [0.717, 1.165) is 25.9 Å². The lowest BCUT2D eigenvalue weighted by atomic mass is 9.86. The average molecular weight is 267 g/mol. The zero-order valence-electron chi connectivity index (χ0n) is 12.7. The quantitative estimate of drug-likeness (QED) is 0.824. The van der Waals surface area contributed by atoms with Crippen molar-refractivity contribution in [3.05, 3.63) is 0 Å². The van der Waals surface area contributed by atoms with Crippen LogP contribution in [0.3, 0.4) is 0 Å². The van der Waals surface area contributed by atoms with Gasteiger partial charge in [0, 0.05) is 19.1 Å². The van der Waals surface area contributed by atoms with Crippen LogP contribution in [0.15, 0.2) is 0 Å². The summed E-state index contributed by atoms with van der Waals surface area (Å²) >= 11 is 0. The molecule has 0 radical (unpaired) electrons. The van der Waals surface area contributed by atoms with Gasteiger partial charge < -0.3 is 15.5 Å². The predicted octanol–water partition coefficient (Wildman–Crippen LogP) is 1.45. The Morgan fingerprint density at radius 1 is 1.11 bits per heavy atom.